The molecule has 6 heteroatoms. The maximum absolute atomic E-state index is 5.61. The lowest BCUT2D eigenvalue weighted by Gasteiger charge is -2.23. The molecule has 1 aromatic carbocycles. The van der Waals surface area contributed by atoms with Gasteiger partial charge in [0, 0.05) is 4.48 Å². The number of halogens is 5. The highest BCUT2D eigenvalue weighted by Gasteiger charge is 2.31. The van der Waals surface area contributed by atoms with Gasteiger partial charge in [-0.25, -0.2) is 0 Å². The van der Waals surface area contributed by atoms with E-state index in [0.717, 1.165) is 14.5 Å². The Morgan fingerprint density at radius 1 is 1.26 bits per heavy atom. The lowest BCUT2D eigenvalue weighted by Crippen LogP contribution is -2.18. The second-order valence-electron chi connectivity index (χ2n) is 3.55. The number of alkyl halides is 3. The quantitative estimate of drug-likeness (QED) is 0.266. The molecule has 0 saturated carbocycles. The van der Waals surface area contributed by atoms with Crippen LogP contribution in [-0.4, -0.2) is 10.0 Å². The average molecular weight is 583 g/mol. The fraction of sp³-hybridized carbons (Fsp3) is 0.231. The molecule has 0 aromatic heterocycles. The molecule has 0 bridgehead atoms. The molecule has 1 atom stereocenters. The summed E-state index contributed by atoms with van der Waals surface area (Å²) in [5, 5.41) is 0. The summed E-state index contributed by atoms with van der Waals surface area (Å²) in [6.45, 7) is 4.05. The topological polar surface area (TPSA) is 9.23 Å². The lowest BCUT2D eigenvalue weighted by atomic mass is 10.1. The molecule has 0 heterocycles. The van der Waals surface area contributed by atoms with Crippen molar-refractivity contribution < 1.29 is 4.74 Å². The summed E-state index contributed by atoms with van der Waals surface area (Å²) >= 11 is 17.8. The Bertz CT molecular complexity index is 455. The Morgan fingerprint density at radius 3 is 2.37 bits per heavy atom. The van der Waals surface area contributed by atoms with Gasteiger partial charge in [-0.05, 0) is 53.4 Å². The van der Waals surface area contributed by atoms with Gasteiger partial charge >= 0.3 is 0 Å². The van der Waals surface area contributed by atoms with E-state index in [4.69, 9.17) is 4.74 Å². The number of ether oxygens (including phenoxy) is 1. The largest absolute Gasteiger partial charge is 0.345 e. The highest BCUT2D eigenvalue weighted by molar-refractivity contribution is 9.26. The van der Waals surface area contributed by atoms with Crippen LogP contribution in [0.4, 0.5) is 0 Å². The van der Waals surface area contributed by atoms with Gasteiger partial charge in [0.15, 0.2) is 0 Å². The third-order valence-electron chi connectivity index (χ3n) is 2.16. The van der Waals surface area contributed by atoms with Crippen molar-refractivity contribution >= 4 is 79.6 Å². The van der Waals surface area contributed by atoms with E-state index in [9.17, 15) is 0 Å². The minimum Gasteiger partial charge on any atom is -0.345 e. The summed E-state index contributed by atoms with van der Waals surface area (Å²) in [5.41, 5.74) is 1.14. The van der Waals surface area contributed by atoms with Crippen LogP contribution >= 0.6 is 79.6 Å². The van der Waals surface area contributed by atoms with E-state index in [1.165, 1.54) is 0 Å². The van der Waals surface area contributed by atoms with Crippen LogP contribution in [0.3, 0.4) is 0 Å². The summed E-state index contributed by atoms with van der Waals surface area (Å²) in [6, 6.07) is 10.1. The number of allylic oxidation sites excluding steroid dienone is 1. The molecule has 19 heavy (non-hydrogen) atoms. The molecule has 104 valence electrons. The van der Waals surface area contributed by atoms with Gasteiger partial charge in [0.25, 0.3) is 0 Å². The lowest BCUT2D eigenvalue weighted by molar-refractivity contribution is 0.154. The standard InChI is InChI=1S/C13H11Br5O/c1-2-8-19-13(17,18)12(16)11(15)10(14)9-6-4-3-5-7-9/h2-7,10H,1,8H2. The summed E-state index contributed by atoms with van der Waals surface area (Å²) < 4.78 is 6.56. The summed E-state index contributed by atoms with van der Waals surface area (Å²) in [6.07, 6.45) is 1.69. The Kier molecular flexibility index (Phi) is 8.09. The zero-order valence-electron chi connectivity index (χ0n) is 9.75. The molecule has 0 amide bonds. The van der Waals surface area contributed by atoms with Gasteiger partial charge in [-0.2, -0.15) is 0 Å². The normalized spacial score (nSPS) is 14.8. The number of benzene rings is 1. The molecule has 0 N–H and O–H groups in total. The molecule has 1 nitrogen and oxygen atoms in total. The van der Waals surface area contributed by atoms with Crippen LogP contribution in [0.25, 0.3) is 0 Å². The van der Waals surface area contributed by atoms with Gasteiger partial charge in [0.1, 0.15) is 0 Å². The second kappa shape index (κ2) is 8.49. The van der Waals surface area contributed by atoms with Crippen molar-refractivity contribution in [2.24, 2.45) is 0 Å². The van der Waals surface area contributed by atoms with Gasteiger partial charge in [-0.1, -0.05) is 68.3 Å². The maximum atomic E-state index is 5.61. The molecule has 0 saturated heterocycles. The van der Waals surface area contributed by atoms with Crippen LogP contribution in [0.5, 0.6) is 0 Å². The van der Waals surface area contributed by atoms with Crippen molar-refractivity contribution in [3.05, 3.63) is 57.5 Å². The molecular formula is C13H11Br5O. The van der Waals surface area contributed by atoms with Gasteiger partial charge < -0.3 is 4.74 Å². The first-order valence-corrected chi connectivity index (χ1v) is 9.36. The first kappa shape index (κ1) is 18.1. The molecule has 0 aliphatic heterocycles. The van der Waals surface area contributed by atoms with Gasteiger partial charge in [0.05, 0.1) is 15.9 Å². The predicted octanol–water partition coefficient (Wildman–Crippen LogP) is 6.77. The van der Waals surface area contributed by atoms with Gasteiger partial charge in [-0.3, -0.25) is 0 Å². The van der Waals surface area contributed by atoms with Crippen molar-refractivity contribution in [1.29, 1.82) is 0 Å². The zero-order valence-corrected chi connectivity index (χ0v) is 17.7. The third-order valence-corrected chi connectivity index (χ3v) is 8.45. The molecule has 1 rings (SSSR count). The Labute approximate surface area is 155 Å². The molecule has 1 unspecified atom stereocenters. The zero-order chi connectivity index (χ0) is 14.5. The van der Waals surface area contributed by atoms with E-state index in [0.29, 0.717) is 6.61 Å². The number of hydrogen-bond acceptors (Lipinski definition) is 1. The van der Waals surface area contributed by atoms with Gasteiger partial charge in [-0.15, -0.1) is 6.58 Å². The van der Waals surface area contributed by atoms with Crippen LogP contribution in [0.2, 0.25) is 0 Å². The van der Waals surface area contributed by atoms with Gasteiger partial charge in [0.2, 0.25) is 3.42 Å². The fourth-order valence-corrected chi connectivity index (χ4v) is 4.20. The SMILES string of the molecule is C=CCOC(Br)(Br)C(Br)=C(Br)C(Br)c1ccccc1. The van der Waals surface area contributed by atoms with Crippen LogP contribution in [0.1, 0.15) is 10.4 Å². The summed E-state index contributed by atoms with van der Waals surface area (Å²) in [7, 11) is 0. The van der Waals surface area contributed by atoms with Crippen molar-refractivity contribution in [3.63, 3.8) is 0 Å². The second-order valence-corrected chi connectivity index (χ2v) is 9.41. The minimum absolute atomic E-state index is 0.0323. The minimum atomic E-state index is -0.784. The molecule has 0 aliphatic carbocycles. The van der Waals surface area contributed by atoms with Crippen LogP contribution in [-0.2, 0) is 4.74 Å². The molecular weight excluding hydrogens is 572 g/mol. The molecule has 0 aliphatic rings. The molecule has 0 fully saturated rings. The maximum Gasteiger partial charge on any atom is 0.211 e. The highest BCUT2D eigenvalue weighted by atomic mass is 79.9. The van der Waals surface area contributed by atoms with E-state index >= 15 is 0 Å². The van der Waals surface area contributed by atoms with Crippen molar-refractivity contribution in [3.8, 4) is 0 Å². The van der Waals surface area contributed by atoms with Crippen LogP contribution < -0.4 is 0 Å². The van der Waals surface area contributed by atoms with E-state index in [2.05, 4.69) is 98.4 Å². The molecule has 0 radical (unpaired) electrons. The number of hydrogen-bond donors (Lipinski definition) is 0. The van der Waals surface area contributed by atoms with E-state index in [-0.39, 0.29) is 4.83 Å². The Morgan fingerprint density at radius 2 is 1.84 bits per heavy atom. The Hall–Kier alpha value is 1.06. The first-order valence-electron chi connectivity index (χ1n) is 5.27. The third kappa shape index (κ3) is 5.40. The van der Waals surface area contributed by atoms with E-state index in [1.807, 2.05) is 18.2 Å². The predicted molar refractivity (Wildman–Crippen MR) is 99.7 cm³/mol. The molecule has 1 aromatic rings. The van der Waals surface area contributed by atoms with Crippen LogP contribution in [0, 0.1) is 0 Å². The Balaban J connectivity index is 2.98. The fourth-order valence-electron chi connectivity index (χ4n) is 1.25. The van der Waals surface area contributed by atoms with Crippen molar-refractivity contribution in [1.82, 2.24) is 0 Å². The highest BCUT2D eigenvalue weighted by Crippen LogP contribution is 2.47. The van der Waals surface area contributed by atoms with E-state index in [1.54, 1.807) is 6.08 Å². The monoisotopic (exact) mass is 578 g/mol. The average Bonchev–Trinajstić information content (AvgIpc) is 2.43. The van der Waals surface area contributed by atoms with Crippen molar-refractivity contribution in [2.45, 2.75) is 8.25 Å². The van der Waals surface area contributed by atoms with Crippen LogP contribution in [0.15, 0.2) is 52.0 Å². The number of rotatable bonds is 6. The van der Waals surface area contributed by atoms with E-state index < -0.39 is 3.42 Å². The van der Waals surface area contributed by atoms with Crippen molar-refractivity contribution in [2.75, 3.05) is 6.61 Å². The smallest absolute Gasteiger partial charge is 0.211 e. The summed E-state index contributed by atoms with van der Waals surface area (Å²) in [4.78, 5) is 0.0323. The molecule has 0 spiro atoms. The summed E-state index contributed by atoms with van der Waals surface area (Å²) in [5.74, 6) is 0. The first-order chi connectivity index (χ1) is 8.90.